The summed E-state index contributed by atoms with van der Waals surface area (Å²) >= 11 is 0. The molecule has 0 fully saturated rings. The molecule has 0 aliphatic carbocycles. The molecule has 1 aromatic heterocycles. The maximum Gasteiger partial charge on any atom is 0.151 e. The van der Waals surface area contributed by atoms with Crippen molar-refractivity contribution in [1.82, 2.24) is 9.97 Å². The van der Waals surface area contributed by atoms with Crippen LogP contribution in [-0.4, -0.2) is 9.97 Å². The molecule has 0 aliphatic rings. The number of unbranched alkanes of at least 4 members (excludes halogenated alkanes) is 3. The van der Waals surface area contributed by atoms with Gasteiger partial charge in [0.1, 0.15) is 5.52 Å². The van der Waals surface area contributed by atoms with E-state index in [4.69, 9.17) is 4.98 Å². The van der Waals surface area contributed by atoms with Crippen LogP contribution in [0.15, 0.2) is 18.3 Å². The van der Waals surface area contributed by atoms with Gasteiger partial charge in [0.15, 0.2) is 5.82 Å². The molecule has 2 rings (SSSR count). The molecule has 28 heavy (non-hydrogen) atoms. The van der Waals surface area contributed by atoms with Crippen LogP contribution in [0.25, 0.3) is 11.0 Å². The molecule has 0 amide bonds. The molecule has 3 heteroatoms. The molecule has 2 unspecified atom stereocenters. The molecule has 2 aromatic rings. The van der Waals surface area contributed by atoms with Crippen LogP contribution in [0.1, 0.15) is 111 Å². The van der Waals surface area contributed by atoms with Gasteiger partial charge >= 0.3 is 0 Å². The predicted octanol–water partition coefficient (Wildman–Crippen LogP) is 7.87. The number of fused-ring (bicyclic) bond motifs is 1. The van der Waals surface area contributed by atoms with Crippen molar-refractivity contribution in [1.29, 1.82) is 0 Å². The summed E-state index contributed by atoms with van der Waals surface area (Å²) in [6, 6.07) is 3.75. The lowest BCUT2D eigenvalue weighted by Crippen LogP contribution is -2.23. The van der Waals surface area contributed by atoms with E-state index in [9.17, 15) is 0 Å². The Balaban J connectivity index is 2.40. The third-order valence-electron chi connectivity index (χ3n) is 6.86. The highest BCUT2D eigenvalue weighted by Crippen LogP contribution is 2.36. The van der Waals surface area contributed by atoms with E-state index < -0.39 is 0 Å². The SMILES string of the molecule is CCCCCCC(C)(CC)c1cnc2cc(C(C)(CC)CCC)cc(F)c2n1. The summed E-state index contributed by atoms with van der Waals surface area (Å²) in [4.78, 5) is 9.44. The molecule has 1 heterocycles. The van der Waals surface area contributed by atoms with E-state index in [1.54, 1.807) is 6.07 Å². The molecule has 0 bridgehead atoms. The van der Waals surface area contributed by atoms with E-state index in [-0.39, 0.29) is 16.6 Å². The van der Waals surface area contributed by atoms with Crippen LogP contribution in [0, 0.1) is 5.82 Å². The van der Waals surface area contributed by atoms with Crippen molar-refractivity contribution in [3.05, 3.63) is 35.4 Å². The maximum absolute atomic E-state index is 15.1. The fourth-order valence-corrected chi connectivity index (χ4v) is 4.22. The number of rotatable bonds is 11. The van der Waals surface area contributed by atoms with Gasteiger partial charge in [-0.25, -0.2) is 9.37 Å². The van der Waals surface area contributed by atoms with Crippen LogP contribution >= 0.6 is 0 Å². The number of hydrogen-bond acceptors (Lipinski definition) is 2. The van der Waals surface area contributed by atoms with Gasteiger partial charge in [-0.1, -0.05) is 73.6 Å². The molecule has 0 saturated heterocycles. The standard InChI is InChI=1S/C25H39FN2/c1-7-11-12-13-15-25(6,10-4)22-18-27-21-17-19(16-20(26)23(21)28-22)24(5,9-3)14-8-2/h16-18H,7-15H2,1-6H3. The smallest absolute Gasteiger partial charge is 0.151 e. The molecule has 0 aliphatic heterocycles. The van der Waals surface area contributed by atoms with Gasteiger partial charge in [-0.2, -0.15) is 0 Å². The monoisotopic (exact) mass is 386 g/mol. The minimum absolute atomic E-state index is 0.0126. The van der Waals surface area contributed by atoms with E-state index in [0.717, 1.165) is 43.4 Å². The molecule has 0 spiro atoms. The van der Waals surface area contributed by atoms with Gasteiger partial charge in [-0.15, -0.1) is 0 Å². The Labute approximate surface area is 171 Å². The predicted molar refractivity (Wildman–Crippen MR) is 118 cm³/mol. The van der Waals surface area contributed by atoms with Gasteiger partial charge in [-0.05, 0) is 48.8 Å². The Morgan fingerprint density at radius 2 is 1.57 bits per heavy atom. The van der Waals surface area contributed by atoms with Crippen molar-refractivity contribution in [2.45, 2.75) is 110 Å². The lowest BCUT2D eigenvalue weighted by Gasteiger charge is -2.29. The summed E-state index contributed by atoms with van der Waals surface area (Å²) in [5, 5.41) is 0. The summed E-state index contributed by atoms with van der Waals surface area (Å²) in [6.07, 6.45) is 12.0. The Morgan fingerprint density at radius 3 is 2.18 bits per heavy atom. The third kappa shape index (κ3) is 4.90. The van der Waals surface area contributed by atoms with E-state index in [2.05, 4.69) is 52.6 Å². The normalized spacial score (nSPS) is 16.1. The van der Waals surface area contributed by atoms with Crippen LogP contribution in [0.5, 0.6) is 0 Å². The molecular weight excluding hydrogens is 347 g/mol. The van der Waals surface area contributed by atoms with Crippen molar-refractivity contribution < 1.29 is 4.39 Å². The quantitative estimate of drug-likeness (QED) is 0.367. The zero-order valence-corrected chi connectivity index (χ0v) is 18.9. The largest absolute Gasteiger partial charge is 0.253 e. The minimum atomic E-state index is -0.234. The van der Waals surface area contributed by atoms with E-state index in [1.807, 2.05) is 6.20 Å². The topological polar surface area (TPSA) is 25.8 Å². The second-order valence-electron chi connectivity index (χ2n) is 8.97. The zero-order chi connectivity index (χ0) is 20.8. The molecule has 156 valence electrons. The Kier molecular flexibility index (Phi) is 7.97. The molecule has 0 saturated carbocycles. The summed E-state index contributed by atoms with van der Waals surface area (Å²) in [5.41, 5.74) is 3.02. The van der Waals surface area contributed by atoms with Gasteiger partial charge < -0.3 is 0 Å². The first-order chi connectivity index (χ1) is 13.3. The first kappa shape index (κ1) is 22.8. The first-order valence-electron chi connectivity index (χ1n) is 11.3. The number of aromatic nitrogens is 2. The fraction of sp³-hybridized carbons (Fsp3) is 0.680. The van der Waals surface area contributed by atoms with Crippen LogP contribution in [0.4, 0.5) is 4.39 Å². The van der Waals surface area contributed by atoms with Gasteiger partial charge in [-0.3, -0.25) is 4.98 Å². The van der Waals surface area contributed by atoms with Crippen LogP contribution in [0.3, 0.4) is 0 Å². The highest BCUT2D eigenvalue weighted by molar-refractivity contribution is 5.76. The summed E-state index contributed by atoms with van der Waals surface area (Å²) in [5.74, 6) is -0.234. The highest BCUT2D eigenvalue weighted by atomic mass is 19.1. The number of nitrogens with zero attached hydrogens (tertiary/aromatic N) is 2. The van der Waals surface area contributed by atoms with Crippen molar-refractivity contribution >= 4 is 11.0 Å². The van der Waals surface area contributed by atoms with Crippen molar-refractivity contribution in [2.24, 2.45) is 0 Å². The average molecular weight is 387 g/mol. The van der Waals surface area contributed by atoms with Crippen molar-refractivity contribution in [3.8, 4) is 0 Å². The number of halogens is 1. The van der Waals surface area contributed by atoms with E-state index in [1.165, 1.54) is 25.7 Å². The summed E-state index contributed by atoms with van der Waals surface area (Å²) in [7, 11) is 0. The van der Waals surface area contributed by atoms with Gasteiger partial charge in [0.25, 0.3) is 0 Å². The summed E-state index contributed by atoms with van der Waals surface area (Å²) < 4.78 is 15.1. The highest BCUT2D eigenvalue weighted by Gasteiger charge is 2.28. The maximum atomic E-state index is 15.1. The molecule has 0 radical (unpaired) electrons. The third-order valence-corrected chi connectivity index (χ3v) is 6.86. The van der Waals surface area contributed by atoms with Gasteiger partial charge in [0.05, 0.1) is 11.2 Å². The van der Waals surface area contributed by atoms with E-state index >= 15 is 4.39 Å². The Bertz CT molecular complexity index is 772. The number of hydrogen-bond donors (Lipinski definition) is 0. The molecule has 0 N–H and O–H groups in total. The fourth-order valence-electron chi connectivity index (χ4n) is 4.22. The Hall–Kier alpha value is -1.51. The van der Waals surface area contributed by atoms with Crippen LogP contribution in [0.2, 0.25) is 0 Å². The van der Waals surface area contributed by atoms with Gasteiger partial charge in [0, 0.05) is 11.6 Å². The lowest BCUT2D eigenvalue weighted by molar-refractivity contribution is 0.385. The molecular formula is C25H39FN2. The summed E-state index contributed by atoms with van der Waals surface area (Å²) in [6.45, 7) is 13.3. The van der Waals surface area contributed by atoms with Crippen molar-refractivity contribution in [3.63, 3.8) is 0 Å². The van der Waals surface area contributed by atoms with Crippen LogP contribution in [-0.2, 0) is 10.8 Å². The Morgan fingerprint density at radius 1 is 0.857 bits per heavy atom. The zero-order valence-electron chi connectivity index (χ0n) is 18.9. The molecule has 2 nitrogen and oxygen atoms in total. The average Bonchev–Trinajstić information content (AvgIpc) is 2.70. The van der Waals surface area contributed by atoms with E-state index in [0.29, 0.717) is 11.0 Å². The second kappa shape index (κ2) is 9.80. The molecule has 2 atom stereocenters. The first-order valence-corrected chi connectivity index (χ1v) is 11.3. The molecule has 1 aromatic carbocycles. The lowest BCUT2D eigenvalue weighted by atomic mass is 9.76. The minimum Gasteiger partial charge on any atom is -0.253 e. The number of benzene rings is 1. The second-order valence-corrected chi connectivity index (χ2v) is 8.97. The van der Waals surface area contributed by atoms with Crippen molar-refractivity contribution in [2.75, 3.05) is 0 Å². The van der Waals surface area contributed by atoms with Crippen LogP contribution < -0.4 is 0 Å². The van der Waals surface area contributed by atoms with Gasteiger partial charge in [0.2, 0.25) is 0 Å².